The number of hydrogen-bond acceptors (Lipinski definition) is 8. The van der Waals surface area contributed by atoms with E-state index in [1.807, 2.05) is 68.4 Å². The quantitative estimate of drug-likeness (QED) is 0.231. The van der Waals surface area contributed by atoms with Crippen molar-refractivity contribution < 1.29 is 9.18 Å². The maximum Gasteiger partial charge on any atom is 0.153 e. The largest absolute Gasteiger partial charge is 0.379 e. The second-order valence-corrected chi connectivity index (χ2v) is 8.14. The molecule has 2 atom stereocenters. The number of anilines is 3. The Morgan fingerprint density at radius 1 is 1.26 bits per heavy atom. The maximum atomic E-state index is 15.1. The number of nitrogens with zero attached hydrogens (tertiary/aromatic N) is 4. The first kappa shape index (κ1) is 30.7. The topological polar surface area (TPSA) is 136 Å². The van der Waals surface area contributed by atoms with Crippen LogP contribution in [0.25, 0.3) is 6.08 Å². The number of nitrogens with two attached hydrogens (primary N) is 1. The van der Waals surface area contributed by atoms with E-state index in [2.05, 4.69) is 31.3 Å². The third kappa shape index (κ3) is 8.79. The van der Waals surface area contributed by atoms with E-state index >= 15 is 4.39 Å². The summed E-state index contributed by atoms with van der Waals surface area (Å²) in [5, 5.41) is 15.4. The van der Waals surface area contributed by atoms with Gasteiger partial charge in [-0.1, -0.05) is 26.0 Å². The van der Waals surface area contributed by atoms with Gasteiger partial charge in [-0.2, -0.15) is 5.26 Å². The third-order valence-electron chi connectivity index (χ3n) is 5.81. The van der Waals surface area contributed by atoms with Crippen LogP contribution in [0.3, 0.4) is 0 Å². The molecule has 1 saturated heterocycles. The molecule has 0 spiro atoms. The van der Waals surface area contributed by atoms with Gasteiger partial charge in [0.05, 0.1) is 29.4 Å². The van der Waals surface area contributed by atoms with Crippen molar-refractivity contribution in [1.82, 2.24) is 15.0 Å². The average molecular weight is 533 g/mol. The molecule has 206 valence electrons. The second kappa shape index (κ2) is 16.4. The fourth-order valence-corrected chi connectivity index (χ4v) is 3.85. The van der Waals surface area contributed by atoms with E-state index in [0.29, 0.717) is 47.7 Å². The first-order valence-corrected chi connectivity index (χ1v) is 12.9. The van der Waals surface area contributed by atoms with Gasteiger partial charge in [0, 0.05) is 43.1 Å². The number of carbonyl (C=O) groups is 1. The number of allylic oxidation sites excluding steroid dienone is 2. The summed E-state index contributed by atoms with van der Waals surface area (Å²) in [6.45, 7) is 6.67. The molecule has 3 aromatic heterocycles. The van der Waals surface area contributed by atoms with Gasteiger partial charge in [-0.05, 0) is 50.2 Å². The van der Waals surface area contributed by atoms with Crippen molar-refractivity contribution in [3.05, 3.63) is 83.6 Å². The molecule has 4 rings (SSSR count). The van der Waals surface area contributed by atoms with Crippen molar-refractivity contribution in [2.75, 3.05) is 35.7 Å². The number of hydrogen-bond donors (Lipinski definition) is 4. The summed E-state index contributed by atoms with van der Waals surface area (Å²) < 4.78 is 15.1. The molecule has 1 unspecified atom stereocenters. The summed E-state index contributed by atoms with van der Waals surface area (Å²) in [6.07, 6.45) is 12.6. The number of aldehydes is 1. The minimum atomic E-state index is -1.18. The lowest BCUT2D eigenvalue weighted by atomic mass is 10.0. The lowest BCUT2D eigenvalue weighted by molar-refractivity contribution is 0.112. The molecular weight excluding hydrogens is 495 g/mol. The van der Waals surface area contributed by atoms with Crippen LogP contribution < -0.4 is 21.3 Å². The molecule has 0 radical (unpaired) electrons. The molecule has 1 aliphatic rings. The molecule has 39 heavy (non-hydrogen) atoms. The second-order valence-electron chi connectivity index (χ2n) is 8.14. The molecule has 0 amide bonds. The number of carbonyl (C=O) groups excluding carboxylic acids is 1. The first-order valence-electron chi connectivity index (χ1n) is 12.9. The van der Waals surface area contributed by atoms with Crippen LogP contribution in [0.5, 0.6) is 0 Å². The molecule has 9 nitrogen and oxygen atoms in total. The minimum Gasteiger partial charge on any atom is -0.379 e. The minimum absolute atomic E-state index is 0.163. The summed E-state index contributed by atoms with van der Waals surface area (Å²) >= 11 is 0. The predicted molar refractivity (Wildman–Crippen MR) is 156 cm³/mol. The molecule has 0 bridgehead atoms. The number of nitriles is 1. The number of alkyl halides is 1. The van der Waals surface area contributed by atoms with Crippen LogP contribution in [0.1, 0.15) is 48.7 Å². The summed E-state index contributed by atoms with van der Waals surface area (Å²) in [4.78, 5) is 25.1. The Morgan fingerprint density at radius 3 is 2.64 bits per heavy atom. The van der Waals surface area contributed by atoms with Crippen molar-refractivity contribution in [2.24, 2.45) is 5.73 Å². The van der Waals surface area contributed by atoms with Crippen LogP contribution in [0, 0.1) is 11.3 Å². The fourth-order valence-electron chi connectivity index (χ4n) is 3.85. The van der Waals surface area contributed by atoms with Gasteiger partial charge in [0.2, 0.25) is 0 Å². The Kier molecular flexibility index (Phi) is 12.9. The van der Waals surface area contributed by atoms with E-state index in [1.54, 1.807) is 18.2 Å². The Balaban J connectivity index is 0.00000127. The first-order chi connectivity index (χ1) is 19.1. The molecule has 10 heteroatoms. The fraction of sp³-hybridized carbons (Fsp3) is 0.310. The third-order valence-corrected chi connectivity index (χ3v) is 5.81. The molecule has 0 aromatic carbocycles. The van der Waals surface area contributed by atoms with E-state index < -0.39 is 12.2 Å². The number of piperidine rings is 1. The molecule has 3 aromatic rings. The van der Waals surface area contributed by atoms with E-state index in [0.717, 1.165) is 11.3 Å². The molecule has 4 heterocycles. The van der Waals surface area contributed by atoms with E-state index in [-0.39, 0.29) is 6.54 Å². The highest BCUT2D eigenvalue weighted by Crippen LogP contribution is 2.26. The van der Waals surface area contributed by atoms with Crippen LogP contribution in [-0.4, -0.2) is 53.6 Å². The predicted octanol–water partition coefficient (Wildman–Crippen LogP) is 5.15. The molecule has 0 saturated carbocycles. The molecule has 5 N–H and O–H groups in total. The van der Waals surface area contributed by atoms with Crippen LogP contribution in [-0.2, 0) is 0 Å². The van der Waals surface area contributed by atoms with E-state index in [4.69, 9.17) is 5.26 Å². The van der Waals surface area contributed by atoms with Crippen molar-refractivity contribution in [3.63, 3.8) is 0 Å². The van der Waals surface area contributed by atoms with Gasteiger partial charge in [-0.3, -0.25) is 4.79 Å². The SMILES string of the molecule is C/C=C(\C=C/c1cc[nH]c1)Nc1cc(NC2CCN(c3ccc(C#N)cn3)C[C@@H]2F)c(C=O)cn1.CC.CN. The highest BCUT2D eigenvalue weighted by atomic mass is 19.1. The van der Waals surface area contributed by atoms with Crippen LogP contribution >= 0.6 is 0 Å². The van der Waals surface area contributed by atoms with E-state index in [1.165, 1.54) is 19.4 Å². The highest BCUT2D eigenvalue weighted by molar-refractivity contribution is 5.85. The van der Waals surface area contributed by atoms with Gasteiger partial charge in [-0.25, -0.2) is 14.4 Å². The van der Waals surface area contributed by atoms with Gasteiger partial charge in [0.15, 0.2) is 6.29 Å². The Labute approximate surface area is 229 Å². The lowest BCUT2D eigenvalue weighted by Crippen LogP contribution is -2.48. The number of halogens is 1. The summed E-state index contributed by atoms with van der Waals surface area (Å²) in [7, 11) is 1.50. The summed E-state index contributed by atoms with van der Waals surface area (Å²) in [5.74, 6) is 1.18. The molecular formula is C29H37FN8O. The van der Waals surface area contributed by atoms with Crippen molar-refractivity contribution in [2.45, 2.75) is 39.4 Å². The van der Waals surface area contributed by atoms with Crippen molar-refractivity contribution >= 4 is 29.7 Å². The number of rotatable bonds is 8. The van der Waals surface area contributed by atoms with Crippen LogP contribution in [0.2, 0.25) is 0 Å². The molecule has 1 aliphatic heterocycles. The lowest BCUT2D eigenvalue weighted by Gasteiger charge is -2.36. The standard InChI is InChI=1S/C26H26FN7O.C2H6.CH5N/c1-2-21(5-3-18-7-9-29-13-18)32-25-11-24(20(17-35)15-30-25)33-23-8-10-34(16-22(23)27)26-6-4-19(12-28)14-31-26;2*1-2/h2-7,9,11,13-15,17,22-23,29H,8,10,16H2,1H3,(H2,30,32,33);1-2H3;2H2,1H3/b5-3-,21-2+;;/t22-,23?;;/m0../s1. The van der Waals surface area contributed by atoms with Gasteiger partial charge < -0.3 is 26.3 Å². The zero-order chi connectivity index (χ0) is 28.6. The van der Waals surface area contributed by atoms with Gasteiger partial charge in [0.25, 0.3) is 0 Å². The average Bonchev–Trinajstić information content (AvgIpc) is 3.52. The molecule has 1 fully saturated rings. The van der Waals surface area contributed by atoms with Gasteiger partial charge in [0.1, 0.15) is 23.9 Å². The number of H-pyrrole nitrogens is 1. The number of nitrogens with one attached hydrogen (secondary N) is 3. The van der Waals surface area contributed by atoms with Crippen molar-refractivity contribution in [1.29, 1.82) is 5.26 Å². The normalized spacial score (nSPS) is 16.7. The van der Waals surface area contributed by atoms with Gasteiger partial charge >= 0.3 is 0 Å². The van der Waals surface area contributed by atoms with Crippen LogP contribution in [0.15, 0.2) is 66.9 Å². The van der Waals surface area contributed by atoms with E-state index in [9.17, 15) is 4.79 Å². The van der Waals surface area contributed by atoms with Crippen LogP contribution in [0.4, 0.5) is 21.7 Å². The number of aromatic amines is 1. The summed E-state index contributed by atoms with van der Waals surface area (Å²) in [5.41, 5.74) is 7.72. The Hall–Kier alpha value is -4.49. The van der Waals surface area contributed by atoms with Gasteiger partial charge in [-0.15, -0.1) is 0 Å². The van der Waals surface area contributed by atoms with Crippen molar-refractivity contribution in [3.8, 4) is 6.07 Å². The number of pyridine rings is 2. The molecule has 0 aliphatic carbocycles. The Bertz CT molecular complexity index is 1250. The summed E-state index contributed by atoms with van der Waals surface area (Å²) in [6, 6.07) is 8.65. The monoisotopic (exact) mass is 532 g/mol. The zero-order valence-electron chi connectivity index (χ0n) is 22.9. The zero-order valence-corrected chi connectivity index (χ0v) is 22.9. The Morgan fingerprint density at radius 2 is 2.05 bits per heavy atom. The smallest absolute Gasteiger partial charge is 0.153 e. The highest BCUT2D eigenvalue weighted by Gasteiger charge is 2.30. The number of aromatic nitrogens is 3. The maximum absolute atomic E-state index is 15.1.